The second kappa shape index (κ2) is 4.09. The van der Waals surface area contributed by atoms with Gasteiger partial charge in [0, 0.05) is 6.54 Å². The minimum absolute atomic E-state index is 0.0443. The number of fused-ring (bicyclic) bond motifs is 1. The van der Waals surface area contributed by atoms with Crippen molar-refractivity contribution in [3.63, 3.8) is 0 Å². The van der Waals surface area contributed by atoms with Crippen LogP contribution in [0.2, 0.25) is 5.02 Å². The zero-order chi connectivity index (χ0) is 11.7. The van der Waals surface area contributed by atoms with Crippen molar-refractivity contribution < 1.29 is 19.4 Å². The summed E-state index contributed by atoms with van der Waals surface area (Å²) in [6.45, 7) is 1.03. The molecule has 5 nitrogen and oxygen atoms in total. The Labute approximate surface area is 96.9 Å². The van der Waals surface area contributed by atoms with Crippen LogP contribution in [-0.2, 0) is 0 Å². The Morgan fingerprint density at radius 2 is 2.44 bits per heavy atom. The molecule has 0 radical (unpaired) electrons. The molecule has 6 heteroatoms. The van der Waals surface area contributed by atoms with Crippen LogP contribution in [0.1, 0.15) is 10.4 Å². The fourth-order valence-electron chi connectivity index (χ4n) is 1.63. The molecular weight excluding hydrogens is 234 g/mol. The first kappa shape index (κ1) is 10.9. The predicted octanol–water partition coefficient (Wildman–Crippen LogP) is 1.85. The van der Waals surface area contributed by atoms with Gasteiger partial charge < -0.3 is 19.9 Å². The van der Waals surface area contributed by atoms with Crippen LogP contribution in [0.5, 0.6) is 11.5 Å². The molecule has 0 unspecified atom stereocenters. The lowest BCUT2D eigenvalue weighted by molar-refractivity contribution is 0.0688. The third kappa shape index (κ3) is 1.63. The monoisotopic (exact) mass is 243 g/mol. The number of carboxylic acid groups (broad SMARTS) is 1. The normalized spacial score (nSPS) is 13.4. The van der Waals surface area contributed by atoms with Crippen molar-refractivity contribution in [1.29, 1.82) is 0 Å². The van der Waals surface area contributed by atoms with E-state index in [4.69, 9.17) is 26.2 Å². The van der Waals surface area contributed by atoms with Gasteiger partial charge in [-0.3, -0.25) is 0 Å². The number of benzene rings is 1. The summed E-state index contributed by atoms with van der Waals surface area (Å²) in [6.07, 6.45) is 0. The highest BCUT2D eigenvalue weighted by molar-refractivity contribution is 6.33. The Morgan fingerprint density at radius 3 is 3.06 bits per heavy atom. The lowest BCUT2D eigenvalue weighted by Crippen LogP contribution is -2.20. The van der Waals surface area contributed by atoms with Crippen molar-refractivity contribution in [2.45, 2.75) is 0 Å². The minimum atomic E-state index is -1.13. The third-order valence-corrected chi connectivity index (χ3v) is 2.55. The highest BCUT2D eigenvalue weighted by Crippen LogP contribution is 2.42. The maximum absolute atomic E-state index is 11.2. The van der Waals surface area contributed by atoms with Gasteiger partial charge in [0.05, 0.1) is 17.8 Å². The fourth-order valence-corrected chi connectivity index (χ4v) is 1.91. The Kier molecular flexibility index (Phi) is 2.78. The average Bonchev–Trinajstić information content (AvgIpc) is 2.26. The van der Waals surface area contributed by atoms with Crippen molar-refractivity contribution in [3.8, 4) is 11.5 Å². The van der Waals surface area contributed by atoms with Gasteiger partial charge in [-0.05, 0) is 6.07 Å². The molecule has 0 bridgehead atoms. The zero-order valence-corrected chi connectivity index (χ0v) is 9.30. The molecule has 0 fully saturated rings. The SMILES string of the molecule is COc1c(Cl)cc2c(c1C(=O)O)OCCN2. The number of hydrogen-bond donors (Lipinski definition) is 2. The molecule has 0 atom stereocenters. The highest BCUT2D eigenvalue weighted by atomic mass is 35.5. The van der Waals surface area contributed by atoms with E-state index in [0.29, 0.717) is 18.8 Å². The average molecular weight is 244 g/mol. The standard InChI is InChI=1S/C10H10ClNO4/c1-15-8-5(11)4-6-9(7(8)10(13)14)16-3-2-12-6/h4,12H,2-3H2,1H3,(H,13,14). The van der Waals surface area contributed by atoms with Gasteiger partial charge in [-0.25, -0.2) is 4.79 Å². The van der Waals surface area contributed by atoms with Crippen LogP contribution in [0.3, 0.4) is 0 Å². The molecule has 0 spiro atoms. The molecule has 0 saturated carbocycles. The van der Waals surface area contributed by atoms with Gasteiger partial charge in [0.25, 0.3) is 0 Å². The van der Waals surface area contributed by atoms with E-state index in [0.717, 1.165) is 0 Å². The second-order valence-corrected chi connectivity index (χ2v) is 3.63. The van der Waals surface area contributed by atoms with Crippen LogP contribution in [-0.4, -0.2) is 31.3 Å². The molecule has 1 heterocycles. The number of carbonyl (C=O) groups is 1. The second-order valence-electron chi connectivity index (χ2n) is 3.22. The van der Waals surface area contributed by atoms with E-state index < -0.39 is 5.97 Å². The largest absolute Gasteiger partial charge is 0.494 e. The van der Waals surface area contributed by atoms with E-state index >= 15 is 0 Å². The zero-order valence-electron chi connectivity index (χ0n) is 8.54. The molecule has 0 amide bonds. The first-order valence-electron chi connectivity index (χ1n) is 4.65. The van der Waals surface area contributed by atoms with Crippen LogP contribution in [0, 0.1) is 0 Å². The molecule has 16 heavy (non-hydrogen) atoms. The maximum Gasteiger partial charge on any atom is 0.343 e. The van der Waals surface area contributed by atoms with Crippen LogP contribution >= 0.6 is 11.6 Å². The van der Waals surface area contributed by atoms with Crippen LogP contribution in [0.25, 0.3) is 0 Å². The highest BCUT2D eigenvalue weighted by Gasteiger charge is 2.26. The van der Waals surface area contributed by atoms with Crippen molar-refractivity contribution in [2.24, 2.45) is 0 Å². The Morgan fingerprint density at radius 1 is 1.69 bits per heavy atom. The van der Waals surface area contributed by atoms with Crippen molar-refractivity contribution in [3.05, 3.63) is 16.7 Å². The Balaban J connectivity index is 2.68. The lowest BCUT2D eigenvalue weighted by Gasteiger charge is -2.22. The van der Waals surface area contributed by atoms with Crippen molar-refractivity contribution in [2.75, 3.05) is 25.6 Å². The molecule has 0 saturated heterocycles. The number of carboxylic acids is 1. The molecule has 2 rings (SSSR count). The summed E-state index contributed by atoms with van der Waals surface area (Å²) < 4.78 is 10.3. The number of ether oxygens (including phenoxy) is 2. The van der Waals surface area contributed by atoms with E-state index in [2.05, 4.69) is 5.32 Å². The number of anilines is 1. The topological polar surface area (TPSA) is 67.8 Å². The number of nitrogens with one attached hydrogen (secondary N) is 1. The molecule has 86 valence electrons. The van der Waals surface area contributed by atoms with Crippen molar-refractivity contribution in [1.82, 2.24) is 0 Å². The smallest absolute Gasteiger partial charge is 0.343 e. The predicted molar refractivity (Wildman–Crippen MR) is 58.9 cm³/mol. The summed E-state index contributed by atoms with van der Waals surface area (Å²) in [7, 11) is 1.37. The number of aromatic carboxylic acids is 1. The van der Waals surface area contributed by atoms with Crippen LogP contribution in [0.15, 0.2) is 6.07 Å². The molecule has 1 aliphatic heterocycles. The minimum Gasteiger partial charge on any atom is -0.494 e. The summed E-state index contributed by atoms with van der Waals surface area (Å²) in [5.41, 5.74) is 0.534. The maximum atomic E-state index is 11.2. The summed E-state index contributed by atoms with van der Waals surface area (Å²) in [4.78, 5) is 11.2. The number of hydrogen-bond acceptors (Lipinski definition) is 4. The number of methoxy groups -OCH3 is 1. The van der Waals surface area contributed by atoms with Gasteiger partial charge in [0.1, 0.15) is 12.2 Å². The van der Waals surface area contributed by atoms with Crippen LogP contribution in [0.4, 0.5) is 5.69 Å². The quantitative estimate of drug-likeness (QED) is 0.830. The number of rotatable bonds is 2. The van der Waals surface area contributed by atoms with Gasteiger partial charge in [0.2, 0.25) is 0 Å². The van der Waals surface area contributed by atoms with Gasteiger partial charge in [-0.1, -0.05) is 11.6 Å². The lowest BCUT2D eigenvalue weighted by atomic mass is 10.1. The van der Waals surface area contributed by atoms with Gasteiger partial charge in [-0.2, -0.15) is 0 Å². The molecular formula is C10H10ClNO4. The van der Waals surface area contributed by atoms with Crippen molar-refractivity contribution >= 4 is 23.3 Å². The third-order valence-electron chi connectivity index (χ3n) is 2.27. The van der Waals surface area contributed by atoms with E-state index in [-0.39, 0.29) is 22.1 Å². The van der Waals surface area contributed by atoms with Crippen LogP contribution < -0.4 is 14.8 Å². The Hall–Kier alpha value is -1.62. The summed E-state index contributed by atoms with van der Waals surface area (Å²) in [5, 5.41) is 12.4. The summed E-state index contributed by atoms with van der Waals surface area (Å²) in [5.74, 6) is -0.726. The van der Waals surface area contributed by atoms with Gasteiger partial charge >= 0.3 is 5.97 Å². The first-order valence-corrected chi connectivity index (χ1v) is 5.03. The fraction of sp³-hybridized carbons (Fsp3) is 0.300. The van der Waals surface area contributed by atoms with E-state index in [1.807, 2.05) is 0 Å². The van der Waals surface area contributed by atoms with Gasteiger partial charge in [0.15, 0.2) is 11.5 Å². The molecule has 0 aromatic heterocycles. The molecule has 1 aromatic carbocycles. The van der Waals surface area contributed by atoms with E-state index in [1.165, 1.54) is 7.11 Å². The first-order chi connectivity index (χ1) is 7.65. The summed E-state index contributed by atoms with van der Waals surface area (Å²) in [6, 6.07) is 1.60. The van der Waals surface area contributed by atoms with Gasteiger partial charge in [-0.15, -0.1) is 0 Å². The molecule has 0 aliphatic carbocycles. The van der Waals surface area contributed by atoms with E-state index in [9.17, 15) is 4.79 Å². The number of halogens is 1. The van der Waals surface area contributed by atoms with E-state index in [1.54, 1.807) is 6.07 Å². The molecule has 1 aromatic rings. The Bertz CT molecular complexity index is 447. The molecule has 1 aliphatic rings. The molecule has 2 N–H and O–H groups in total. The summed E-state index contributed by atoms with van der Waals surface area (Å²) >= 11 is 5.93.